The molecule has 0 bridgehead atoms. The fraction of sp³-hybridized carbons (Fsp3) is 0.449. The molecule has 2 fully saturated rings. The number of hydrogen-bond donors (Lipinski definition) is 2. The number of aromatic nitrogens is 2. The second-order valence-electron chi connectivity index (χ2n) is 15.3. The lowest BCUT2D eigenvalue weighted by Crippen LogP contribution is -2.22. The van der Waals surface area contributed by atoms with Crippen LogP contribution in [0.2, 0.25) is 0 Å². The number of carboxylic acids is 1. The number of phenolic OH excluding ortho intramolecular Hbond substituents is 1. The normalized spacial score (nSPS) is 16.9. The highest BCUT2D eigenvalue weighted by molar-refractivity contribution is 8.07. The van der Waals surface area contributed by atoms with Gasteiger partial charge in [0.1, 0.15) is 11.6 Å². The predicted molar refractivity (Wildman–Crippen MR) is 259 cm³/mol. The van der Waals surface area contributed by atoms with Crippen molar-refractivity contribution in [2.75, 3.05) is 38.6 Å². The number of pyridine rings is 1. The Bertz CT molecular complexity index is 2000. The Morgan fingerprint density at radius 3 is 1.89 bits per heavy atom. The van der Waals surface area contributed by atoms with Crippen LogP contribution in [-0.4, -0.2) is 81.4 Å². The van der Waals surface area contributed by atoms with Crippen molar-refractivity contribution in [1.82, 2.24) is 9.97 Å². The summed E-state index contributed by atoms with van der Waals surface area (Å²) in [4.78, 5) is 19.8. The van der Waals surface area contributed by atoms with Crippen molar-refractivity contribution < 1.29 is 43.1 Å². The summed E-state index contributed by atoms with van der Waals surface area (Å²) >= 11 is 5.94. The van der Waals surface area contributed by atoms with Gasteiger partial charge in [-0.3, -0.25) is 4.98 Å². The molecule has 4 unspecified atom stereocenters. The predicted octanol–water partition coefficient (Wildman–Crippen LogP) is 12.2. The number of aliphatic carboxylic acids is 1. The highest BCUT2D eigenvalue weighted by Gasteiger charge is 2.15. The van der Waals surface area contributed by atoms with Crippen LogP contribution in [0.25, 0.3) is 0 Å². The van der Waals surface area contributed by atoms with E-state index in [-0.39, 0.29) is 11.5 Å². The molecule has 2 aromatic heterocycles. The minimum absolute atomic E-state index is 0.188. The SMILES string of the molecule is CC1CCOC1.CC1CSC(C)CS1.COc1cc(C)ccc1O.Cc1ccc(C)nc1.Cc1ccc(OC(C)C(=O)O)cc1F.Cc1ccc2c(c1)OCO2.Cc1cnc(C)s1. The van der Waals surface area contributed by atoms with Gasteiger partial charge in [0.2, 0.25) is 6.79 Å². The molecule has 14 heteroatoms. The summed E-state index contributed by atoms with van der Waals surface area (Å²) in [7, 11) is 1.54. The maximum absolute atomic E-state index is 13.0. The van der Waals surface area contributed by atoms with Crippen molar-refractivity contribution in [3.05, 3.63) is 123 Å². The first-order chi connectivity index (χ1) is 29.9. The number of methoxy groups -OCH3 is 1. The minimum Gasteiger partial charge on any atom is -0.504 e. The molecule has 3 aliphatic heterocycles. The number of rotatable bonds is 4. The van der Waals surface area contributed by atoms with Crippen molar-refractivity contribution >= 4 is 40.8 Å². The van der Waals surface area contributed by atoms with E-state index < -0.39 is 17.9 Å². The summed E-state index contributed by atoms with van der Waals surface area (Å²) in [5, 5.41) is 20.6. The number of nitrogens with zero attached hydrogens (tertiary/aromatic N) is 2. The number of aromatic hydroxyl groups is 1. The molecule has 3 aliphatic rings. The molecule has 0 saturated carbocycles. The summed E-state index contributed by atoms with van der Waals surface area (Å²) < 4.78 is 38.2. The van der Waals surface area contributed by atoms with E-state index in [9.17, 15) is 9.18 Å². The lowest BCUT2D eigenvalue weighted by molar-refractivity contribution is -0.144. The van der Waals surface area contributed by atoms with Crippen molar-refractivity contribution in [3.8, 4) is 28.7 Å². The van der Waals surface area contributed by atoms with Gasteiger partial charge >= 0.3 is 5.97 Å². The Morgan fingerprint density at radius 2 is 1.44 bits per heavy atom. The van der Waals surface area contributed by atoms with Gasteiger partial charge in [0.15, 0.2) is 29.1 Å². The van der Waals surface area contributed by atoms with Gasteiger partial charge in [-0.2, -0.15) is 23.5 Å². The number of carboxylic acid groups (broad SMARTS) is 1. The molecule has 5 aromatic rings. The van der Waals surface area contributed by atoms with E-state index in [0.717, 1.165) is 57.4 Å². The third-order valence-electron chi connectivity index (χ3n) is 8.85. The van der Waals surface area contributed by atoms with Crippen LogP contribution in [0, 0.1) is 60.2 Å². The van der Waals surface area contributed by atoms with Crippen LogP contribution >= 0.6 is 34.9 Å². The maximum Gasteiger partial charge on any atom is 0.344 e. The first-order valence-corrected chi connectivity index (χ1v) is 23.7. The van der Waals surface area contributed by atoms with Gasteiger partial charge in [0.25, 0.3) is 0 Å². The third kappa shape index (κ3) is 23.7. The van der Waals surface area contributed by atoms with Gasteiger partial charge < -0.3 is 33.9 Å². The summed E-state index contributed by atoms with van der Waals surface area (Å²) in [6, 6.07) is 19.5. The average Bonchev–Trinajstić information content (AvgIpc) is 4.03. The van der Waals surface area contributed by atoms with E-state index in [1.807, 2.05) is 77.3 Å². The molecule has 346 valence electrons. The highest BCUT2D eigenvalue weighted by Crippen LogP contribution is 2.32. The Balaban J connectivity index is 0.000000257. The van der Waals surface area contributed by atoms with Crippen molar-refractivity contribution in [3.63, 3.8) is 0 Å². The van der Waals surface area contributed by atoms with Crippen molar-refractivity contribution in [2.24, 2.45) is 5.92 Å². The Labute approximate surface area is 387 Å². The van der Waals surface area contributed by atoms with Crippen LogP contribution in [0.3, 0.4) is 0 Å². The standard InChI is InChI=1S/C10H11FO3.C8H8O2.C8H10O2.C7H9N.C6H12S2.C5H7NS.C5H10O/c1-6-3-4-8(5-9(6)11)14-7(2)10(12)13;1-6-2-3-7-8(4-6)10-5-9-7;1-6-3-4-7(9)8(5-6)10-2;1-6-3-4-7(2)8-5-6;1-5-3-8-6(2)4-7-5;1-4-3-6-5(2)7-4;1-5-2-3-6-4-5/h3-5,7H,1-2H3,(H,12,13);2-4H,5H2,1H3;3-5,9H,1-2H3;3-5H,1-2H3;5-6H,3-4H2,1-2H3;3H,1-2H3;5H,2-4H2,1H3. The number of hydrogen-bond acceptors (Lipinski definition) is 12. The maximum atomic E-state index is 13.0. The average molecular weight is 927 g/mol. The van der Waals surface area contributed by atoms with Crippen molar-refractivity contribution in [1.29, 1.82) is 0 Å². The van der Waals surface area contributed by atoms with Gasteiger partial charge in [-0.25, -0.2) is 14.2 Å². The molecule has 4 atom stereocenters. The number of aryl methyl sites for hydroxylation is 7. The molecule has 0 aliphatic carbocycles. The second-order valence-corrected chi connectivity index (χ2v) is 19.6. The number of phenols is 1. The third-order valence-corrected chi connectivity index (χ3v) is 13.0. The van der Waals surface area contributed by atoms with E-state index >= 15 is 0 Å². The number of halogens is 1. The fourth-order valence-corrected chi connectivity index (χ4v) is 8.16. The molecular formula is C49H67FN2O8S3. The molecule has 3 aromatic carbocycles. The summed E-state index contributed by atoms with van der Waals surface area (Å²) in [5.41, 5.74) is 5.07. The molecule has 63 heavy (non-hydrogen) atoms. The quantitative estimate of drug-likeness (QED) is 0.178. The fourth-order valence-electron chi connectivity index (χ4n) is 5.05. The Hall–Kier alpha value is -4.50. The number of fused-ring (bicyclic) bond motifs is 1. The molecule has 2 N–H and O–H groups in total. The van der Waals surface area contributed by atoms with Gasteiger partial charge in [0.05, 0.1) is 12.1 Å². The number of ether oxygens (including phenoxy) is 5. The first kappa shape index (κ1) is 54.6. The number of thiazole rings is 1. The van der Waals surface area contributed by atoms with Gasteiger partial charge in [-0.05, 0) is 126 Å². The largest absolute Gasteiger partial charge is 0.504 e. The van der Waals surface area contributed by atoms with Gasteiger partial charge in [-0.1, -0.05) is 45.0 Å². The van der Waals surface area contributed by atoms with Crippen LogP contribution in [0.5, 0.6) is 28.7 Å². The molecule has 8 rings (SSSR count). The molecule has 0 radical (unpaired) electrons. The molecule has 10 nitrogen and oxygen atoms in total. The smallest absolute Gasteiger partial charge is 0.344 e. The zero-order valence-electron chi connectivity index (χ0n) is 38.9. The zero-order valence-corrected chi connectivity index (χ0v) is 41.3. The van der Waals surface area contributed by atoms with Crippen LogP contribution in [-0.2, 0) is 9.53 Å². The number of benzene rings is 3. The number of carbonyl (C=O) groups is 1. The van der Waals surface area contributed by atoms with E-state index in [4.69, 9.17) is 33.9 Å². The molecule has 0 amide bonds. The van der Waals surface area contributed by atoms with Crippen LogP contribution in [0.15, 0.2) is 79.1 Å². The lowest BCUT2D eigenvalue weighted by atomic mass is 10.2. The van der Waals surface area contributed by atoms with Crippen LogP contribution in [0.1, 0.15) is 71.9 Å². The summed E-state index contributed by atoms with van der Waals surface area (Å²) in [6.45, 7) is 24.2. The lowest BCUT2D eigenvalue weighted by Gasteiger charge is -2.21. The van der Waals surface area contributed by atoms with E-state index in [1.165, 1.54) is 60.1 Å². The first-order valence-electron chi connectivity index (χ1n) is 20.8. The molecule has 2 saturated heterocycles. The molecule has 5 heterocycles. The van der Waals surface area contributed by atoms with E-state index in [1.54, 1.807) is 36.5 Å². The van der Waals surface area contributed by atoms with Crippen LogP contribution < -0.4 is 18.9 Å². The highest BCUT2D eigenvalue weighted by atomic mass is 32.2. The zero-order chi connectivity index (χ0) is 46.9. The Morgan fingerprint density at radius 1 is 0.810 bits per heavy atom. The summed E-state index contributed by atoms with van der Waals surface area (Å²) in [6.07, 6.45) is 4.05. The monoisotopic (exact) mass is 926 g/mol. The number of thioether (sulfide) groups is 2. The minimum atomic E-state index is -1.08. The molecular weight excluding hydrogens is 860 g/mol. The van der Waals surface area contributed by atoms with E-state index in [0.29, 0.717) is 18.1 Å². The van der Waals surface area contributed by atoms with Crippen molar-refractivity contribution in [2.45, 2.75) is 99.2 Å². The van der Waals surface area contributed by atoms with Crippen LogP contribution in [0.4, 0.5) is 4.39 Å². The Kier molecular flexibility index (Phi) is 25.8. The topological polar surface area (TPSA) is 129 Å². The van der Waals surface area contributed by atoms with Gasteiger partial charge in [-0.15, -0.1) is 11.3 Å². The summed E-state index contributed by atoms with van der Waals surface area (Å²) in [5.74, 6) is 4.70. The molecule has 0 spiro atoms. The van der Waals surface area contributed by atoms with E-state index in [2.05, 4.69) is 67.3 Å². The second kappa shape index (κ2) is 29.8. The van der Waals surface area contributed by atoms with Gasteiger partial charge in [0, 0.05) is 64.3 Å².